The van der Waals surface area contributed by atoms with Crippen LogP contribution in [0.3, 0.4) is 0 Å². The van der Waals surface area contributed by atoms with Crippen molar-refractivity contribution in [3.05, 3.63) is 57.0 Å². The first-order chi connectivity index (χ1) is 10.2. The zero-order valence-corrected chi connectivity index (χ0v) is 14.9. The van der Waals surface area contributed by atoms with E-state index in [0.717, 1.165) is 27.0 Å². The third kappa shape index (κ3) is 5.34. The van der Waals surface area contributed by atoms with Crippen LogP contribution in [0.15, 0.2) is 51.4 Å². The lowest BCUT2D eigenvalue weighted by molar-refractivity contribution is 0.216. The van der Waals surface area contributed by atoms with Crippen LogP contribution in [0.1, 0.15) is 5.56 Å². The van der Waals surface area contributed by atoms with Gasteiger partial charge in [-0.1, -0.05) is 28.1 Å². The molecule has 2 aromatic carbocycles. The van der Waals surface area contributed by atoms with Gasteiger partial charge >= 0.3 is 0 Å². The Kier molecular flexibility index (Phi) is 6.54. The van der Waals surface area contributed by atoms with Gasteiger partial charge in [0.2, 0.25) is 0 Å². The minimum atomic E-state index is 0.497. The monoisotopic (exact) mass is 413 g/mol. The van der Waals surface area contributed by atoms with E-state index in [4.69, 9.17) is 9.47 Å². The molecule has 0 saturated heterocycles. The Morgan fingerprint density at radius 1 is 1.00 bits per heavy atom. The largest absolute Gasteiger partial charge is 0.490 e. The van der Waals surface area contributed by atoms with Gasteiger partial charge < -0.3 is 14.8 Å². The SMILES string of the molecule is CNCc1ccc(OCCOc2cccc(Br)c2)c(Br)c1. The number of halogens is 2. The number of hydrogen-bond acceptors (Lipinski definition) is 3. The normalized spacial score (nSPS) is 10.4. The molecule has 0 amide bonds. The van der Waals surface area contributed by atoms with Crippen molar-refractivity contribution in [2.45, 2.75) is 6.54 Å². The fourth-order valence-corrected chi connectivity index (χ4v) is 2.76. The van der Waals surface area contributed by atoms with Gasteiger partial charge in [-0.2, -0.15) is 0 Å². The highest BCUT2D eigenvalue weighted by Gasteiger charge is 2.03. The molecule has 21 heavy (non-hydrogen) atoms. The van der Waals surface area contributed by atoms with Crippen LogP contribution in [0, 0.1) is 0 Å². The second-order valence-electron chi connectivity index (χ2n) is 4.45. The van der Waals surface area contributed by atoms with Crippen molar-refractivity contribution < 1.29 is 9.47 Å². The van der Waals surface area contributed by atoms with Gasteiger partial charge in [-0.05, 0) is 58.9 Å². The van der Waals surface area contributed by atoms with E-state index >= 15 is 0 Å². The van der Waals surface area contributed by atoms with Crippen molar-refractivity contribution in [3.63, 3.8) is 0 Å². The molecule has 0 aliphatic carbocycles. The van der Waals surface area contributed by atoms with Gasteiger partial charge in [-0.25, -0.2) is 0 Å². The van der Waals surface area contributed by atoms with Crippen molar-refractivity contribution in [3.8, 4) is 11.5 Å². The van der Waals surface area contributed by atoms with Crippen LogP contribution in [-0.2, 0) is 6.54 Å². The van der Waals surface area contributed by atoms with E-state index in [9.17, 15) is 0 Å². The van der Waals surface area contributed by atoms with E-state index in [0.29, 0.717) is 13.2 Å². The highest BCUT2D eigenvalue weighted by atomic mass is 79.9. The van der Waals surface area contributed by atoms with Gasteiger partial charge in [0.25, 0.3) is 0 Å². The summed E-state index contributed by atoms with van der Waals surface area (Å²) in [6.45, 7) is 1.84. The zero-order valence-electron chi connectivity index (χ0n) is 11.7. The van der Waals surface area contributed by atoms with Gasteiger partial charge in [0.1, 0.15) is 24.7 Å². The van der Waals surface area contributed by atoms with E-state index in [1.807, 2.05) is 43.4 Å². The Balaban J connectivity index is 1.81. The lowest BCUT2D eigenvalue weighted by Crippen LogP contribution is -2.09. The van der Waals surface area contributed by atoms with Crippen molar-refractivity contribution in [2.24, 2.45) is 0 Å². The fraction of sp³-hybridized carbons (Fsp3) is 0.250. The van der Waals surface area contributed by atoms with Gasteiger partial charge in [-0.3, -0.25) is 0 Å². The van der Waals surface area contributed by atoms with Gasteiger partial charge in [-0.15, -0.1) is 0 Å². The predicted molar refractivity (Wildman–Crippen MR) is 92.0 cm³/mol. The number of ether oxygens (including phenoxy) is 2. The molecule has 0 heterocycles. The first kappa shape index (κ1) is 16.3. The minimum Gasteiger partial charge on any atom is -0.490 e. The topological polar surface area (TPSA) is 30.5 Å². The molecule has 2 aromatic rings. The maximum atomic E-state index is 5.72. The molecule has 0 aliphatic heterocycles. The van der Waals surface area contributed by atoms with E-state index in [2.05, 4.69) is 43.2 Å². The quantitative estimate of drug-likeness (QED) is 0.681. The summed E-state index contributed by atoms with van der Waals surface area (Å²) in [4.78, 5) is 0. The molecule has 0 unspecified atom stereocenters. The number of nitrogens with one attached hydrogen (secondary N) is 1. The Morgan fingerprint density at radius 2 is 1.81 bits per heavy atom. The summed E-state index contributed by atoms with van der Waals surface area (Å²) in [5.74, 6) is 1.66. The van der Waals surface area contributed by atoms with Crippen LogP contribution in [0.2, 0.25) is 0 Å². The van der Waals surface area contributed by atoms with Gasteiger partial charge in [0.05, 0.1) is 4.47 Å². The number of rotatable bonds is 7. The molecule has 2 rings (SSSR count). The van der Waals surface area contributed by atoms with E-state index in [1.165, 1.54) is 5.56 Å². The van der Waals surface area contributed by atoms with E-state index in [1.54, 1.807) is 0 Å². The summed E-state index contributed by atoms with van der Waals surface area (Å²) in [5, 5.41) is 3.12. The third-order valence-electron chi connectivity index (χ3n) is 2.78. The molecule has 1 N–H and O–H groups in total. The molecule has 0 aromatic heterocycles. The molecule has 3 nitrogen and oxygen atoms in total. The average molecular weight is 415 g/mol. The maximum absolute atomic E-state index is 5.72. The van der Waals surface area contributed by atoms with Crippen LogP contribution in [0.4, 0.5) is 0 Å². The summed E-state index contributed by atoms with van der Waals surface area (Å²) in [6.07, 6.45) is 0. The molecule has 0 spiro atoms. The highest BCUT2D eigenvalue weighted by Crippen LogP contribution is 2.26. The molecule has 0 bridgehead atoms. The Hall–Kier alpha value is -1.04. The highest BCUT2D eigenvalue weighted by molar-refractivity contribution is 9.10. The van der Waals surface area contributed by atoms with Crippen LogP contribution < -0.4 is 14.8 Å². The molecular formula is C16H17Br2NO2. The molecule has 0 fully saturated rings. The summed E-state index contributed by atoms with van der Waals surface area (Å²) in [7, 11) is 1.93. The number of hydrogen-bond donors (Lipinski definition) is 1. The van der Waals surface area contributed by atoms with E-state index in [-0.39, 0.29) is 0 Å². The molecule has 0 radical (unpaired) electrons. The molecule has 0 aliphatic rings. The lowest BCUT2D eigenvalue weighted by atomic mass is 10.2. The first-order valence-electron chi connectivity index (χ1n) is 6.63. The molecule has 0 saturated carbocycles. The number of benzene rings is 2. The van der Waals surface area contributed by atoms with Gasteiger partial charge in [0.15, 0.2) is 0 Å². The molecule has 112 valence electrons. The second kappa shape index (κ2) is 8.41. The zero-order chi connectivity index (χ0) is 15.1. The van der Waals surface area contributed by atoms with Crippen LogP contribution in [-0.4, -0.2) is 20.3 Å². The fourth-order valence-electron chi connectivity index (χ4n) is 1.84. The average Bonchev–Trinajstić information content (AvgIpc) is 2.46. The lowest BCUT2D eigenvalue weighted by Gasteiger charge is -2.11. The van der Waals surface area contributed by atoms with Crippen LogP contribution >= 0.6 is 31.9 Å². The van der Waals surface area contributed by atoms with Gasteiger partial charge in [0, 0.05) is 11.0 Å². The van der Waals surface area contributed by atoms with E-state index < -0.39 is 0 Å². The van der Waals surface area contributed by atoms with Crippen molar-refractivity contribution >= 4 is 31.9 Å². The smallest absolute Gasteiger partial charge is 0.133 e. The molecule has 0 atom stereocenters. The summed E-state index contributed by atoms with van der Waals surface area (Å²) in [5.41, 5.74) is 1.21. The predicted octanol–water partition coefficient (Wildman–Crippen LogP) is 4.39. The van der Waals surface area contributed by atoms with Crippen molar-refractivity contribution in [1.82, 2.24) is 5.32 Å². The maximum Gasteiger partial charge on any atom is 0.133 e. The standard InChI is InChI=1S/C16H17Br2NO2/c1-19-11-12-5-6-16(15(18)9-12)21-8-7-20-14-4-2-3-13(17)10-14/h2-6,9-10,19H,7-8,11H2,1H3. The first-order valence-corrected chi connectivity index (χ1v) is 8.22. The second-order valence-corrected chi connectivity index (χ2v) is 6.22. The summed E-state index contributed by atoms with van der Waals surface area (Å²) in [6, 6.07) is 13.8. The molecule has 5 heteroatoms. The third-order valence-corrected chi connectivity index (χ3v) is 3.90. The summed E-state index contributed by atoms with van der Waals surface area (Å²) >= 11 is 6.94. The van der Waals surface area contributed by atoms with Crippen LogP contribution in [0.25, 0.3) is 0 Å². The summed E-state index contributed by atoms with van der Waals surface area (Å²) < 4.78 is 13.3. The van der Waals surface area contributed by atoms with Crippen molar-refractivity contribution in [1.29, 1.82) is 0 Å². The van der Waals surface area contributed by atoms with Crippen molar-refractivity contribution in [2.75, 3.05) is 20.3 Å². The Bertz CT molecular complexity index is 590. The van der Waals surface area contributed by atoms with Crippen LogP contribution in [0.5, 0.6) is 11.5 Å². The molecular weight excluding hydrogens is 398 g/mol. The Morgan fingerprint density at radius 3 is 2.52 bits per heavy atom. The Labute approximate surface area is 141 Å². The minimum absolute atomic E-state index is 0.497.